The van der Waals surface area contributed by atoms with Crippen LogP contribution in [0.5, 0.6) is 0 Å². The predicted molar refractivity (Wildman–Crippen MR) is 50.6 cm³/mol. The number of rotatable bonds is 1. The van der Waals surface area contributed by atoms with Gasteiger partial charge in [0.2, 0.25) is 0 Å². The third kappa shape index (κ3) is 1.56. The fourth-order valence-electron chi connectivity index (χ4n) is 2.34. The van der Waals surface area contributed by atoms with Crippen molar-refractivity contribution >= 4 is 11.8 Å². The highest BCUT2D eigenvalue weighted by Crippen LogP contribution is 2.56. The maximum Gasteiger partial charge on any atom is 0.310 e. The monoisotopic (exact) mass is 196 g/mol. The summed E-state index contributed by atoms with van der Waals surface area (Å²) in [4.78, 5) is 22.9. The molecule has 0 bridgehead atoms. The van der Waals surface area contributed by atoms with Crippen LogP contribution in [0, 0.1) is 17.8 Å². The lowest BCUT2D eigenvalue weighted by molar-refractivity contribution is -0.158. The van der Waals surface area contributed by atoms with E-state index in [0.717, 1.165) is 6.42 Å². The number of ether oxygens (including phenoxy) is 1. The van der Waals surface area contributed by atoms with Crippen molar-refractivity contribution in [2.45, 2.75) is 39.2 Å². The van der Waals surface area contributed by atoms with Gasteiger partial charge in [0, 0.05) is 12.3 Å². The summed E-state index contributed by atoms with van der Waals surface area (Å²) < 4.78 is 5.26. The van der Waals surface area contributed by atoms with Gasteiger partial charge in [0.25, 0.3) is 0 Å². The molecule has 2 saturated carbocycles. The zero-order valence-corrected chi connectivity index (χ0v) is 8.87. The van der Waals surface area contributed by atoms with Crippen molar-refractivity contribution in [1.29, 1.82) is 0 Å². The van der Waals surface area contributed by atoms with E-state index < -0.39 is 5.60 Å². The first-order chi connectivity index (χ1) is 6.40. The molecule has 14 heavy (non-hydrogen) atoms. The van der Waals surface area contributed by atoms with Gasteiger partial charge in [-0.2, -0.15) is 0 Å². The van der Waals surface area contributed by atoms with Crippen molar-refractivity contribution in [2.24, 2.45) is 17.8 Å². The third-order valence-electron chi connectivity index (χ3n) is 2.94. The fourth-order valence-corrected chi connectivity index (χ4v) is 2.34. The summed E-state index contributed by atoms with van der Waals surface area (Å²) in [5.74, 6) is 0.268. The zero-order valence-electron chi connectivity index (χ0n) is 8.87. The number of hydrogen-bond acceptors (Lipinski definition) is 3. The van der Waals surface area contributed by atoms with Crippen LogP contribution in [0.1, 0.15) is 33.6 Å². The van der Waals surface area contributed by atoms with E-state index in [-0.39, 0.29) is 23.6 Å². The molecule has 0 amide bonds. The first-order valence-electron chi connectivity index (χ1n) is 5.16. The number of carbonyl (C=O) groups excluding carboxylic acids is 2. The quantitative estimate of drug-likeness (QED) is 0.598. The summed E-state index contributed by atoms with van der Waals surface area (Å²) in [6.07, 6.45) is 1.54. The van der Waals surface area contributed by atoms with E-state index in [9.17, 15) is 9.59 Å². The van der Waals surface area contributed by atoms with Crippen LogP contribution >= 0.6 is 0 Å². The van der Waals surface area contributed by atoms with Crippen molar-refractivity contribution in [1.82, 2.24) is 0 Å². The molecule has 0 aromatic rings. The Balaban J connectivity index is 1.94. The molecule has 3 atom stereocenters. The minimum Gasteiger partial charge on any atom is -0.460 e. The van der Waals surface area contributed by atoms with E-state index in [1.165, 1.54) is 0 Å². The van der Waals surface area contributed by atoms with Gasteiger partial charge in [-0.05, 0) is 33.1 Å². The Hall–Kier alpha value is -0.860. The molecule has 0 heterocycles. The Labute approximate surface area is 83.8 Å². The van der Waals surface area contributed by atoms with Crippen LogP contribution in [0.3, 0.4) is 0 Å². The van der Waals surface area contributed by atoms with Crippen LogP contribution in [0.2, 0.25) is 0 Å². The lowest BCUT2D eigenvalue weighted by Crippen LogP contribution is -2.26. The van der Waals surface area contributed by atoms with Gasteiger partial charge in [-0.15, -0.1) is 0 Å². The van der Waals surface area contributed by atoms with Crippen LogP contribution in [0.15, 0.2) is 0 Å². The minimum absolute atomic E-state index is 0.00449. The normalized spacial score (nSPS) is 35.4. The average Bonchev–Trinajstić information content (AvgIpc) is 2.61. The summed E-state index contributed by atoms with van der Waals surface area (Å²) in [5.41, 5.74) is -0.434. The molecule has 3 unspecified atom stereocenters. The number of Topliss-reactive ketones (excluding diaryl/α,β-unsaturated/α-hetero) is 1. The van der Waals surface area contributed by atoms with Crippen LogP contribution < -0.4 is 0 Å². The molecule has 0 aromatic carbocycles. The average molecular weight is 196 g/mol. The molecule has 0 spiro atoms. The van der Waals surface area contributed by atoms with Gasteiger partial charge in [-0.25, -0.2) is 0 Å². The Kier molecular flexibility index (Phi) is 1.95. The molecule has 2 rings (SSSR count). The molecule has 0 saturated heterocycles. The first kappa shape index (κ1) is 9.69. The second kappa shape index (κ2) is 2.81. The molecule has 0 aliphatic heterocycles. The van der Waals surface area contributed by atoms with Gasteiger partial charge < -0.3 is 4.74 Å². The highest BCUT2D eigenvalue weighted by Gasteiger charge is 2.62. The SMILES string of the molecule is CC(C)(C)OC(=O)C1C2CCC(=O)C21. The second-order valence-electron chi connectivity index (χ2n) is 5.25. The maximum atomic E-state index is 11.6. The van der Waals surface area contributed by atoms with Crippen molar-refractivity contribution in [2.75, 3.05) is 0 Å². The molecular formula is C11H16O3. The van der Waals surface area contributed by atoms with E-state index in [4.69, 9.17) is 4.74 Å². The highest BCUT2D eigenvalue weighted by atomic mass is 16.6. The zero-order chi connectivity index (χ0) is 10.5. The van der Waals surface area contributed by atoms with Gasteiger partial charge in [0.1, 0.15) is 11.4 Å². The van der Waals surface area contributed by atoms with Gasteiger partial charge in [-0.1, -0.05) is 0 Å². The molecule has 3 heteroatoms. The largest absolute Gasteiger partial charge is 0.460 e. The summed E-state index contributed by atoms with van der Waals surface area (Å²) >= 11 is 0. The standard InChI is InChI=1S/C11H16O3/c1-11(2,3)14-10(13)9-6-4-5-7(12)8(6)9/h6,8-9H,4-5H2,1-3H3. The molecule has 2 aliphatic rings. The van der Waals surface area contributed by atoms with Crippen LogP contribution in [0.4, 0.5) is 0 Å². The number of ketones is 1. The molecule has 78 valence electrons. The van der Waals surface area contributed by atoms with Gasteiger partial charge >= 0.3 is 5.97 Å². The Morgan fingerprint density at radius 1 is 1.43 bits per heavy atom. The van der Waals surface area contributed by atoms with Crippen molar-refractivity contribution in [3.05, 3.63) is 0 Å². The molecule has 2 aliphatic carbocycles. The van der Waals surface area contributed by atoms with Crippen LogP contribution in [-0.4, -0.2) is 17.4 Å². The van der Waals surface area contributed by atoms with Crippen LogP contribution in [-0.2, 0) is 14.3 Å². The predicted octanol–water partition coefficient (Wildman–Crippen LogP) is 1.55. The van der Waals surface area contributed by atoms with Crippen molar-refractivity contribution in [3.63, 3.8) is 0 Å². The number of hydrogen-bond donors (Lipinski definition) is 0. The Bertz CT molecular complexity index is 287. The topological polar surface area (TPSA) is 43.4 Å². The minimum atomic E-state index is -0.434. The Morgan fingerprint density at radius 3 is 2.50 bits per heavy atom. The lowest BCUT2D eigenvalue weighted by Gasteiger charge is -2.19. The van der Waals surface area contributed by atoms with Crippen molar-refractivity contribution < 1.29 is 14.3 Å². The maximum absolute atomic E-state index is 11.6. The highest BCUT2D eigenvalue weighted by molar-refractivity contribution is 5.94. The van der Waals surface area contributed by atoms with Gasteiger partial charge in [0.05, 0.1) is 5.92 Å². The van der Waals surface area contributed by atoms with Gasteiger partial charge in [0.15, 0.2) is 0 Å². The van der Waals surface area contributed by atoms with E-state index in [1.807, 2.05) is 20.8 Å². The first-order valence-corrected chi connectivity index (χ1v) is 5.16. The molecule has 2 fully saturated rings. The van der Waals surface area contributed by atoms with E-state index in [1.54, 1.807) is 0 Å². The molecule has 0 radical (unpaired) electrons. The summed E-state index contributed by atoms with van der Waals surface area (Å²) in [6.45, 7) is 5.56. The van der Waals surface area contributed by atoms with E-state index in [0.29, 0.717) is 12.3 Å². The molecule has 0 N–H and O–H groups in total. The second-order valence-corrected chi connectivity index (χ2v) is 5.25. The smallest absolute Gasteiger partial charge is 0.310 e. The summed E-state index contributed by atoms with van der Waals surface area (Å²) in [5, 5.41) is 0. The van der Waals surface area contributed by atoms with Crippen LogP contribution in [0.25, 0.3) is 0 Å². The molecule has 3 nitrogen and oxygen atoms in total. The Morgan fingerprint density at radius 2 is 2.07 bits per heavy atom. The number of fused-ring (bicyclic) bond motifs is 1. The fraction of sp³-hybridized carbons (Fsp3) is 0.818. The van der Waals surface area contributed by atoms with Crippen molar-refractivity contribution in [3.8, 4) is 0 Å². The van der Waals surface area contributed by atoms with E-state index in [2.05, 4.69) is 0 Å². The molecule has 0 aromatic heterocycles. The number of carbonyl (C=O) groups is 2. The van der Waals surface area contributed by atoms with E-state index >= 15 is 0 Å². The molecular weight excluding hydrogens is 180 g/mol. The lowest BCUT2D eigenvalue weighted by atomic mass is 10.1. The summed E-state index contributed by atoms with van der Waals surface area (Å²) in [6, 6.07) is 0. The van der Waals surface area contributed by atoms with Gasteiger partial charge in [-0.3, -0.25) is 9.59 Å². The third-order valence-corrected chi connectivity index (χ3v) is 2.94. The summed E-state index contributed by atoms with van der Waals surface area (Å²) in [7, 11) is 0. The number of esters is 1.